The van der Waals surface area contributed by atoms with Crippen molar-refractivity contribution in [3.05, 3.63) is 12.2 Å². The standard InChI is InChI=1S/C6H6N4O3/c7-3-9-6(8)10-4(11)1-2-5(12)13/h1-2H,(H,12,13)(H3,8,9,10,11)/b2-1-. The molecule has 0 atom stereocenters. The van der Waals surface area contributed by atoms with Crippen molar-refractivity contribution in [2.24, 2.45) is 10.7 Å². The van der Waals surface area contributed by atoms with E-state index in [9.17, 15) is 9.59 Å². The van der Waals surface area contributed by atoms with Gasteiger partial charge in [-0.15, -0.1) is 4.99 Å². The maximum absolute atomic E-state index is 10.7. The van der Waals surface area contributed by atoms with Gasteiger partial charge in [-0.25, -0.2) is 4.79 Å². The lowest BCUT2D eigenvalue weighted by atomic mass is 10.5. The van der Waals surface area contributed by atoms with Crippen LogP contribution in [-0.2, 0) is 9.59 Å². The molecule has 7 heteroatoms. The summed E-state index contributed by atoms with van der Waals surface area (Å²) >= 11 is 0. The molecule has 0 saturated carbocycles. The monoisotopic (exact) mass is 182 g/mol. The second-order valence-corrected chi connectivity index (χ2v) is 1.76. The number of rotatable bonds is 2. The van der Waals surface area contributed by atoms with E-state index in [4.69, 9.17) is 16.1 Å². The van der Waals surface area contributed by atoms with Crippen LogP contribution in [0.4, 0.5) is 0 Å². The quantitative estimate of drug-likeness (QED) is 0.208. The highest BCUT2D eigenvalue weighted by atomic mass is 16.4. The lowest BCUT2D eigenvalue weighted by molar-refractivity contribution is -0.131. The number of carbonyl (C=O) groups excluding carboxylic acids is 1. The first-order valence-corrected chi connectivity index (χ1v) is 3.00. The second-order valence-electron chi connectivity index (χ2n) is 1.76. The summed E-state index contributed by atoms with van der Waals surface area (Å²) in [6.45, 7) is 0. The molecule has 0 aromatic carbocycles. The zero-order chi connectivity index (χ0) is 10.3. The number of aliphatic imine (C=N–C) groups is 1. The van der Waals surface area contributed by atoms with E-state index >= 15 is 0 Å². The lowest BCUT2D eigenvalue weighted by Gasteiger charge is -1.95. The Balaban J connectivity index is 4.11. The van der Waals surface area contributed by atoms with Crippen molar-refractivity contribution < 1.29 is 14.7 Å². The van der Waals surface area contributed by atoms with E-state index in [0.29, 0.717) is 6.08 Å². The number of amides is 1. The Labute approximate surface area is 73.2 Å². The molecule has 0 radical (unpaired) electrons. The highest BCUT2D eigenvalue weighted by Crippen LogP contribution is 1.74. The minimum absolute atomic E-state index is 0.387. The Kier molecular flexibility index (Phi) is 4.35. The molecule has 1 amide bonds. The average Bonchev–Trinajstić information content (AvgIpc) is 2.01. The van der Waals surface area contributed by atoms with Gasteiger partial charge in [-0.3, -0.25) is 10.1 Å². The molecule has 0 bridgehead atoms. The summed E-state index contributed by atoms with van der Waals surface area (Å²) in [6, 6.07) is 0. The number of aliphatic carboxylic acids is 1. The SMILES string of the molecule is N#C/N=C(\N)NC(=O)/C=C\C(=O)O. The molecule has 68 valence electrons. The Bertz CT molecular complexity index is 312. The summed E-state index contributed by atoms with van der Waals surface area (Å²) in [4.78, 5) is 23.6. The first-order valence-electron chi connectivity index (χ1n) is 3.00. The molecule has 0 rings (SSSR count). The number of carboxylic acid groups (broad SMARTS) is 1. The van der Waals surface area contributed by atoms with Crippen molar-refractivity contribution in [3.63, 3.8) is 0 Å². The first kappa shape index (κ1) is 10.6. The molecule has 0 aliphatic rings. The zero-order valence-corrected chi connectivity index (χ0v) is 6.39. The molecule has 7 nitrogen and oxygen atoms in total. The summed E-state index contributed by atoms with van der Waals surface area (Å²) in [6.07, 6.45) is 2.73. The van der Waals surface area contributed by atoms with Gasteiger partial charge >= 0.3 is 5.97 Å². The fraction of sp³-hybridized carbons (Fsp3) is 0. The molecule has 0 heterocycles. The van der Waals surface area contributed by atoms with Gasteiger partial charge in [0.15, 0.2) is 0 Å². The maximum Gasteiger partial charge on any atom is 0.328 e. The third-order valence-electron chi connectivity index (χ3n) is 0.799. The van der Waals surface area contributed by atoms with E-state index in [2.05, 4.69) is 4.99 Å². The van der Waals surface area contributed by atoms with Crippen LogP contribution in [-0.4, -0.2) is 22.9 Å². The number of nitrogens with two attached hydrogens (primary N) is 1. The third kappa shape index (κ3) is 6.05. The van der Waals surface area contributed by atoms with E-state index in [-0.39, 0.29) is 5.96 Å². The number of carboxylic acids is 1. The fourth-order valence-corrected chi connectivity index (χ4v) is 0.397. The highest BCUT2D eigenvalue weighted by Gasteiger charge is 1.98. The fourth-order valence-electron chi connectivity index (χ4n) is 0.397. The molecular formula is C6H6N4O3. The molecule has 0 fully saturated rings. The molecule has 4 N–H and O–H groups in total. The van der Waals surface area contributed by atoms with Crippen LogP contribution in [0.5, 0.6) is 0 Å². The Morgan fingerprint density at radius 3 is 2.62 bits per heavy atom. The van der Waals surface area contributed by atoms with Crippen LogP contribution in [0.3, 0.4) is 0 Å². The highest BCUT2D eigenvalue weighted by molar-refractivity contribution is 6.03. The van der Waals surface area contributed by atoms with Crippen LogP contribution in [0.15, 0.2) is 17.1 Å². The maximum atomic E-state index is 10.7. The third-order valence-corrected chi connectivity index (χ3v) is 0.799. The number of nitriles is 1. The van der Waals surface area contributed by atoms with E-state index in [1.807, 2.05) is 5.32 Å². The number of carbonyl (C=O) groups is 2. The summed E-state index contributed by atoms with van der Waals surface area (Å²) < 4.78 is 0. The number of guanidine groups is 1. The normalized spacial score (nSPS) is 10.8. The first-order chi connectivity index (χ1) is 6.06. The molecular weight excluding hydrogens is 176 g/mol. The van der Waals surface area contributed by atoms with Gasteiger partial charge in [-0.2, -0.15) is 5.26 Å². The minimum Gasteiger partial charge on any atom is -0.478 e. The van der Waals surface area contributed by atoms with E-state index in [1.165, 1.54) is 6.19 Å². The largest absolute Gasteiger partial charge is 0.478 e. The molecule has 0 aliphatic carbocycles. The topological polar surface area (TPSA) is 129 Å². The van der Waals surface area contributed by atoms with Gasteiger partial charge in [0.1, 0.15) is 0 Å². The zero-order valence-electron chi connectivity index (χ0n) is 6.39. The van der Waals surface area contributed by atoms with E-state index < -0.39 is 11.9 Å². The van der Waals surface area contributed by atoms with Gasteiger partial charge in [-0.05, 0) is 0 Å². The van der Waals surface area contributed by atoms with E-state index in [1.54, 1.807) is 0 Å². The number of hydrogen-bond acceptors (Lipinski definition) is 4. The van der Waals surface area contributed by atoms with E-state index in [0.717, 1.165) is 6.08 Å². The lowest BCUT2D eigenvalue weighted by Crippen LogP contribution is -2.35. The summed E-state index contributed by atoms with van der Waals surface area (Å²) in [5, 5.41) is 18.1. The number of nitrogens with zero attached hydrogens (tertiary/aromatic N) is 2. The summed E-state index contributed by atoms with van der Waals surface area (Å²) in [5.41, 5.74) is 5.01. The van der Waals surface area contributed by atoms with Crippen molar-refractivity contribution in [2.45, 2.75) is 0 Å². The second kappa shape index (κ2) is 5.31. The molecule has 0 saturated heterocycles. The molecule has 0 unspecified atom stereocenters. The Morgan fingerprint density at radius 1 is 1.54 bits per heavy atom. The van der Waals surface area contributed by atoms with Crippen molar-refractivity contribution in [1.29, 1.82) is 5.26 Å². The Hall–Kier alpha value is -2.36. The average molecular weight is 182 g/mol. The number of nitrogens with one attached hydrogen (secondary N) is 1. The smallest absolute Gasteiger partial charge is 0.328 e. The summed E-state index contributed by atoms with van der Waals surface area (Å²) in [7, 11) is 0. The predicted octanol–water partition coefficient (Wildman–Crippen LogP) is -1.46. The van der Waals surface area contributed by atoms with Gasteiger partial charge < -0.3 is 10.8 Å². The van der Waals surface area contributed by atoms with Crippen LogP contribution in [0.2, 0.25) is 0 Å². The van der Waals surface area contributed by atoms with Crippen LogP contribution in [0.25, 0.3) is 0 Å². The molecule has 13 heavy (non-hydrogen) atoms. The Morgan fingerprint density at radius 2 is 2.15 bits per heavy atom. The van der Waals surface area contributed by atoms with Crippen molar-refractivity contribution in [3.8, 4) is 6.19 Å². The minimum atomic E-state index is -1.26. The van der Waals surface area contributed by atoms with Gasteiger partial charge in [-0.1, -0.05) is 0 Å². The molecule has 0 aliphatic heterocycles. The van der Waals surface area contributed by atoms with Crippen molar-refractivity contribution in [1.82, 2.24) is 5.32 Å². The van der Waals surface area contributed by atoms with Crippen LogP contribution >= 0.6 is 0 Å². The predicted molar refractivity (Wildman–Crippen MR) is 42.2 cm³/mol. The number of hydrogen-bond donors (Lipinski definition) is 3. The van der Waals surface area contributed by atoms with Crippen LogP contribution in [0.1, 0.15) is 0 Å². The molecule has 0 aromatic rings. The summed E-state index contributed by atoms with van der Waals surface area (Å²) in [5.74, 6) is -2.41. The molecule has 0 spiro atoms. The van der Waals surface area contributed by atoms with Crippen LogP contribution in [0, 0.1) is 11.5 Å². The van der Waals surface area contributed by atoms with Crippen molar-refractivity contribution in [2.75, 3.05) is 0 Å². The van der Waals surface area contributed by atoms with Gasteiger partial charge in [0.25, 0.3) is 5.91 Å². The van der Waals surface area contributed by atoms with Gasteiger partial charge in [0.2, 0.25) is 12.2 Å². The van der Waals surface area contributed by atoms with Gasteiger partial charge in [0, 0.05) is 12.2 Å². The molecule has 0 aromatic heterocycles. The van der Waals surface area contributed by atoms with Crippen molar-refractivity contribution >= 4 is 17.8 Å². The van der Waals surface area contributed by atoms with Crippen LogP contribution < -0.4 is 11.1 Å². The van der Waals surface area contributed by atoms with Gasteiger partial charge in [0.05, 0.1) is 0 Å².